The molecule has 3 heterocycles. The molecule has 0 aliphatic carbocycles. The van der Waals surface area contributed by atoms with Gasteiger partial charge in [0.05, 0.1) is 0 Å². The van der Waals surface area contributed by atoms with Crippen molar-refractivity contribution in [2.24, 2.45) is 0 Å². The number of aromatic nitrogens is 4. The smallest absolute Gasteiger partial charge is 0.251 e. The van der Waals surface area contributed by atoms with Crippen LogP contribution in [0.15, 0.2) is 48.7 Å². The lowest BCUT2D eigenvalue weighted by Gasteiger charge is -2.23. The van der Waals surface area contributed by atoms with Crippen molar-refractivity contribution in [1.29, 1.82) is 0 Å². The number of ether oxygens (including phenoxy) is 1. The van der Waals surface area contributed by atoms with Gasteiger partial charge in [-0.25, -0.2) is 0 Å². The first-order valence-corrected chi connectivity index (χ1v) is 9.99. The van der Waals surface area contributed by atoms with Crippen molar-refractivity contribution in [1.82, 2.24) is 25.1 Å². The number of amides is 1. The van der Waals surface area contributed by atoms with E-state index in [4.69, 9.17) is 4.74 Å². The molecule has 0 spiro atoms. The minimum Gasteiger partial charge on any atom is -0.381 e. The van der Waals surface area contributed by atoms with E-state index in [1.165, 1.54) is 5.56 Å². The summed E-state index contributed by atoms with van der Waals surface area (Å²) in [6.45, 7) is 4.06. The van der Waals surface area contributed by atoms with Crippen LogP contribution in [0.1, 0.15) is 34.6 Å². The summed E-state index contributed by atoms with van der Waals surface area (Å²) in [4.78, 5) is 17.1. The molecule has 7 heteroatoms. The molecular weight excluding hydrogens is 366 g/mol. The zero-order chi connectivity index (χ0) is 20.1. The summed E-state index contributed by atoms with van der Waals surface area (Å²) in [7, 11) is 0. The Hall–Kier alpha value is -3.06. The number of carbonyl (C=O) groups is 1. The number of nitrogens with one attached hydrogen (secondary N) is 1. The molecular formula is C22H25N5O2. The van der Waals surface area contributed by atoms with Gasteiger partial charge in [-0.3, -0.25) is 9.78 Å². The molecule has 29 heavy (non-hydrogen) atoms. The Morgan fingerprint density at radius 3 is 2.76 bits per heavy atom. The van der Waals surface area contributed by atoms with Crippen LogP contribution in [0.3, 0.4) is 0 Å². The van der Waals surface area contributed by atoms with Crippen LogP contribution < -0.4 is 5.32 Å². The second-order valence-electron chi connectivity index (χ2n) is 7.25. The molecule has 0 saturated carbocycles. The molecule has 1 fully saturated rings. The van der Waals surface area contributed by atoms with Crippen LogP contribution in [-0.4, -0.2) is 44.9 Å². The summed E-state index contributed by atoms with van der Waals surface area (Å²) < 4.78 is 7.41. The second kappa shape index (κ2) is 8.96. The zero-order valence-electron chi connectivity index (χ0n) is 16.5. The number of hydrogen-bond donors (Lipinski definition) is 1. The van der Waals surface area contributed by atoms with Crippen LogP contribution in [0.2, 0.25) is 0 Å². The Kier molecular flexibility index (Phi) is 5.95. The highest BCUT2D eigenvalue weighted by Crippen LogP contribution is 2.18. The van der Waals surface area contributed by atoms with Crippen LogP contribution in [0.25, 0.3) is 11.5 Å². The molecule has 0 bridgehead atoms. The van der Waals surface area contributed by atoms with Crippen LogP contribution >= 0.6 is 0 Å². The number of nitrogens with zero attached hydrogens (tertiary/aromatic N) is 4. The van der Waals surface area contributed by atoms with E-state index in [0.717, 1.165) is 31.6 Å². The number of benzene rings is 1. The third-order valence-corrected chi connectivity index (χ3v) is 5.21. The van der Waals surface area contributed by atoms with Gasteiger partial charge in [-0.2, -0.15) is 0 Å². The van der Waals surface area contributed by atoms with E-state index >= 15 is 0 Å². The normalized spacial score (nSPS) is 14.7. The van der Waals surface area contributed by atoms with Crippen molar-refractivity contribution < 1.29 is 9.53 Å². The lowest BCUT2D eigenvalue weighted by molar-refractivity contribution is 0.0696. The van der Waals surface area contributed by atoms with Crippen molar-refractivity contribution in [2.75, 3.05) is 13.2 Å². The van der Waals surface area contributed by atoms with Gasteiger partial charge in [0, 0.05) is 37.6 Å². The van der Waals surface area contributed by atoms with E-state index in [2.05, 4.69) is 37.2 Å². The van der Waals surface area contributed by atoms with E-state index in [-0.39, 0.29) is 11.9 Å². The Balaban J connectivity index is 1.51. The van der Waals surface area contributed by atoms with E-state index in [1.54, 1.807) is 18.3 Å². The quantitative estimate of drug-likeness (QED) is 0.699. The first-order chi connectivity index (χ1) is 14.2. The predicted molar refractivity (Wildman–Crippen MR) is 109 cm³/mol. The Morgan fingerprint density at radius 2 is 1.97 bits per heavy atom. The Labute approximate surface area is 170 Å². The third kappa shape index (κ3) is 4.68. The monoisotopic (exact) mass is 391 g/mol. The van der Waals surface area contributed by atoms with Crippen molar-refractivity contribution in [3.8, 4) is 11.5 Å². The van der Waals surface area contributed by atoms with Gasteiger partial charge in [0.1, 0.15) is 11.5 Å². The minimum atomic E-state index is -0.0902. The maximum Gasteiger partial charge on any atom is 0.251 e. The van der Waals surface area contributed by atoms with Gasteiger partial charge in [-0.1, -0.05) is 30.3 Å². The maximum absolute atomic E-state index is 12.7. The van der Waals surface area contributed by atoms with Crippen molar-refractivity contribution >= 4 is 5.91 Å². The third-order valence-electron chi connectivity index (χ3n) is 5.21. The number of pyridine rings is 1. The van der Waals surface area contributed by atoms with Crippen molar-refractivity contribution in [2.45, 2.75) is 38.8 Å². The largest absolute Gasteiger partial charge is 0.381 e. The average molecular weight is 391 g/mol. The van der Waals surface area contributed by atoms with Gasteiger partial charge >= 0.3 is 0 Å². The molecule has 1 N–H and O–H groups in total. The summed E-state index contributed by atoms with van der Waals surface area (Å²) in [6, 6.07) is 14.0. The van der Waals surface area contributed by atoms with Crippen molar-refractivity contribution in [3.63, 3.8) is 0 Å². The lowest BCUT2D eigenvalue weighted by Crippen LogP contribution is -2.38. The first-order valence-electron chi connectivity index (χ1n) is 9.99. The summed E-state index contributed by atoms with van der Waals surface area (Å²) in [5, 5.41) is 11.6. The summed E-state index contributed by atoms with van der Waals surface area (Å²) >= 11 is 0. The molecule has 1 aromatic carbocycles. The van der Waals surface area contributed by atoms with Crippen LogP contribution in [0.4, 0.5) is 0 Å². The van der Waals surface area contributed by atoms with Crippen LogP contribution in [0, 0.1) is 6.92 Å². The molecule has 1 aliphatic rings. The van der Waals surface area contributed by atoms with Crippen LogP contribution in [-0.2, 0) is 17.7 Å². The standard InChI is InChI=1S/C22H25N5O2/c1-16-25-26-21(27(16)12-8-17-5-3-2-4-6-17)20-15-18(7-11-23-20)22(28)24-19-9-13-29-14-10-19/h2-7,11,15,19H,8-10,12-14H2,1H3,(H,24,28). The summed E-state index contributed by atoms with van der Waals surface area (Å²) in [6.07, 6.45) is 4.21. The number of rotatable bonds is 6. The SMILES string of the molecule is Cc1nnc(-c2cc(C(=O)NC3CCOCC3)ccn2)n1CCc1ccccc1. The van der Waals surface area contributed by atoms with Gasteiger partial charge in [0.2, 0.25) is 0 Å². The Morgan fingerprint density at radius 1 is 1.17 bits per heavy atom. The van der Waals surface area contributed by atoms with E-state index < -0.39 is 0 Å². The number of aryl methyl sites for hydroxylation is 2. The fourth-order valence-electron chi connectivity index (χ4n) is 3.53. The highest BCUT2D eigenvalue weighted by molar-refractivity contribution is 5.95. The second-order valence-corrected chi connectivity index (χ2v) is 7.25. The van der Waals surface area contributed by atoms with E-state index in [9.17, 15) is 4.79 Å². The molecule has 0 unspecified atom stereocenters. The molecule has 1 aliphatic heterocycles. The summed E-state index contributed by atoms with van der Waals surface area (Å²) in [5.74, 6) is 1.42. The van der Waals surface area contributed by atoms with Gasteiger partial charge < -0.3 is 14.6 Å². The lowest BCUT2D eigenvalue weighted by atomic mass is 10.1. The Bertz CT molecular complexity index is 964. The average Bonchev–Trinajstić information content (AvgIpc) is 3.14. The fraction of sp³-hybridized carbons (Fsp3) is 0.364. The molecule has 150 valence electrons. The van der Waals surface area contributed by atoms with Gasteiger partial charge in [-0.05, 0) is 43.9 Å². The minimum absolute atomic E-state index is 0.0902. The van der Waals surface area contributed by atoms with Gasteiger partial charge in [0.25, 0.3) is 5.91 Å². The molecule has 1 amide bonds. The van der Waals surface area contributed by atoms with Crippen molar-refractivity contribution in [3.05, 3.63) is 65.6 Å². The molecule has 4 rings (SSSR count). The maximum atomic E-state index is 12.7. The molecule has 0 atom stereocenters. The topological polar surface area (TPSA) is 81.9 Å². The highest BCUT2D eigenvalue weighted by Gasteiger charge is 2.19. The molecule has 7 nitrogen and oxygen atoms in total. The molecule has 2 aromatic heterocycles. The van der Waals surface area contributed by atoms with Crippen LogP contribution in [0.5, 0.6) is 0 Å². The van der Waals surface area contributed by atoms with E-state index in [0.29, 0.717) is 30.3 Å². The number of carbonyl (C=O) groups excluding carboxylic acids is 1. The molecule has 1 saturated heterocycles. The molecule has 3 aromatic rings. The number of hydrogen-bond acceptors (Lipinski definition) is 5. The van der Waals surface area contributed by atoms with Gasteiger partial charge in [-0.15, -0.1) is 10.2 Å². The van der Waals surface area contributed by atoms with E-state index in [1.807, 2.05) is 25.1 Å². The fourth-order valence-corrected chi connectivity index (χ4v) is 3.53. The summed E-state index contributed by atoms with van der Waals surface area (Å²) in [5.41, 5.74) is 2.49. The molecule has 0 radical (unpaired) electrons. The van der Waals surface area contributed by atoms with Gasteiger partial charge in [0.15, 0.2) is 5.82 Å². The zero-order valence-corrected chi connectivity index (χ0v) is 16.5. The first kappa shape index (κ1) is 19.3. The predicted octanol–water partition coefficient (Wildman–Crippen LogP) is 2.80. The highest BCUT2D eigenvalue weighted by atomic mass is 16.5.